The quantitative estimate of drug-likeness (QED) is 0.862. The SMILES string of the molecule is CO[C@H]1C[C@@H](C(=O)N2CCc3nc(Cc4ccccc4)nn3CC2)CC[C@@H]1N. The van der Waals surface area contributed by atoms with Crippen molar-refractivity contribution in [1.29, 1.82) is 0 Å². The summed E-state index contributed by atoms with van der Waals surface area (Å²) in [7, 11) is 1.68. The second-order valence-corrected chi connectivity index (χ2v) is 7.85. The highest BCUT2D eigenvalue weighted by atomic mass is 16.5. The van der Waals surface area contributed by atoms with E-state index in [1.54, 1.807) is 7.11 Å². The van der Waals surface area contributed by atoms with Crippen LogP contribution in [0, 0.1) is 5.92 Å². The van der Waals surface area contributed by atoms with E-state index in [0.29, 0.717) is 19.6 Å². The van der Waals surface area contributed by atoms with E-state index in [-0.39, 0.29) is 24.0 Å². The van der Waals surface area contributed by atoms with Crippen molar-refractivity contribution in [3.63, 3.8) is 0 Å². The summed E-state index contributed by atoms with van der Waals surface area (Å²) in [5, 5.41) is 4.68. The molecule has 1 amide bonds. The van der Waals surface area contributed by atoms with Crippen molar-refractivity contribution >= 4 is 5.91 Å². The lowest BCUT2D eigenvalue weighted by atomic mass is 9.83. The molecule has 0 radical (unpaired) electrons. The Morgan fingerprint density at radius 2 is 2.04 bits per heavy atom. The molecule has 1 aliphatic heterocycles. The first-order chi connectivity index (χ1) is 13.6. The molecule has 3 atom stereocenters. The van der Waals surface area contributed by atoms with Crippen LogP contribution in [0.2, 0.25) is 0 Å². The predicted octanol–water partition coefficient (Wildman–Crippen LogP) is 1.40. The number of amides is 1. The molecule has 1 fully saturated rings. The van der Waals surface area contributed by atoms with Crippen molar-refractivity contribution in [2.75, 3.05) is 20.2 Å². The van der Waals surface area contributed by atoms with E-state index in [4.69, 9.17) is 15.5 Å². The molecule has 0 saturated heterocycles. The lowest BCUT2D eigenvalue weighted by Crippen LogP contribution is -2.47. The zero-order valence-corrected chi connectivity index (χ0v) is 16.5. The van der Waals surface area contributed by atoms with Gasteiger partial charge in [-0.3, -0.25) is 4.79 Å². The van der Waals surface area contributed by atoms with E-state index < -0.39 is 0 Å². The van der Waals surface area contributed by atoms with Crippen LogP contribution in [0.15, 0.2) is 30.3 Å². The summed E-state index contributed by atoms with van der Waals surface area (Å²) in [6.45, 7) is 2.07. The van der Waals surface area contributed by atoms with Gasteiger partial charge in [-0.25, -0.2) is 9.67 Å². The summed E-state index contributed by atoms with van der Waals surface area (Å²) >= 11 is 0. The Kier molecular flexibility index (Phi) is 5.73. The average molecular weight is 383 g/mol. The maximum Gasteiger partial charge on any atom is 0.225 e. The number of nitrogens with two attached hydrogens (primary N) is 1. The number of hydrogen-bond acceptors (Lipinski definition) is 5. The third kappa shape index (κ3) is 4.10. The van der Waals surface area contributed by atoms with Gasteiger partial charge in [-0.05, 0) is 24.8 Å². The standard InChI is InChI=1S/C21H29N5O2/c1-28-18-14-16(7-8-17(18)22)21(27)25-10-9-20-23-19(24-26(20)12-11-25)13-15-5-3-2-4-6-15/h2-6,16-18H,7-14,22H2,1H3/t16-,17-,18-/m0/s1. The summed E-state index contributed by atoms with van der Waals surface area (Å²) in [6.07, 6.45) is 3.87. The smallest absolute Gasteiger partial charge is 0.225 e. The third-order valence-electron chi connectivity index (χ3n) is 5.99. The minimum Gasteiger partial charge on any atom is -0.380 e. The van der Waals surface area contributed by atoms with Gasteiger partial charge in [0.15, 0.2) is 5.82 Å². The molecule has 2 N–H and O–H groups in total. The van der Waals surface area contributed by atoms with Crippen molar-refractivity contribution in [3.8, 4) is 0 Å². The van der Waals surface area contributed by atoms with Crippen molar-refractivity contribution < 1.29 is 9.53 Å². The maximum atomic E-state index is 13.0. The summed E-state index contributed by atoms with van der Waals surface area (Å²) < 4.78 is 7.45. The first-order valence-corrected chi connectivity index (χ1v) is 10.2. The van der Waals surface area contributed by atoms with Gasteiger partial charge in [0.1, 0.15) is 5.82 Å². The number of nitrogens with zero attached hydrogens (tertiary/aromatic N) is 4. The fraction of sp³-hybridized carbons (Fsp3) is 0.571. The van der Waals surface area contributed by atoms with Gasteiger partial charge < -0.3 is 15.4 Å². The van der Waals surface area contributed by atoms with Gasteiger partial charge in [0.25, 0.3) is 0 Å². The zero-order valence-electron chi connectivity index (χ0n) is 16.5. The normalized spacial score (nSPS) is 25.2. The minimum atomic E-state index is -0.0210. The van der Waals surface area contributed by atoms with E-state index in [9.17, 15) is 4.79 Å². The topological polar surface area (TPSA) is 86.3 Å². The first kappa shape index (κ1) is 19.1. The van der Waals surface area contributed by atoms with E-state index in [1.165, 1.54) is 5.56 Å². The van der Waals surface area contributed by atoms with Crippen LogP contribution in [0.4, 0.5) is 0 Å². The lowest BCUT2D eigenvalue weighted by molar-refractivity contribution is -0.138. The third-order valence-corrected chi connectivity index (χ3v) is 5.99. The molecular formula is C21H29N5O2. The molecule has 2 heterocycles. The Labute approximate surface area is 165 Å². The monoisotopic (exact) mass is 383 g/mol. The summed E-state index contributed by atoms with van der Waals surface area (Å²) in [5.41, 5.74) is 7.31. The molecule has 1 aromatic carbocycles. The molecule has 2 aliphatic rings. The predicted molar refractivity (Wildman–Crippen MR) is 106 cm³/mol. The van der Waals surface area contributed by atoms with Crippen LogP contribution in [-0.2, 0) is 28.9 Å². The molecule has 0 spiro atoms. The van der Waals surface area contributed by atoms with Gasteiger partial charge in [0.2, 0.25) is 5.91 Å². The number of carbonyl (C=O) groups is 1. The molecule has 7 nitrogen and oxygen atoms in total. The fourth-order valence-electron chi connectivity index (χ4n) is 4.33. The number of rotatable bonds is 4. The van der Waals surface area contributed by atoms with Crippen LogP contribution < -0.4 is 5.73 Å². The van der Waals surface area contributed by atoms with Gasteiger partial charge in [-0.15, -0.1) is 0 Å². The molecule has 4 rings (SSSR count). The molecule has 1 aliphatic carbocycles. The van der Waals surface area contributed by atoms with Gasteiger partial charge in [-0.2, -0.15) is 5.10 Å². The van der Waals surface area contributed by atoms with E-state index in [1.807, 2.05) is 27.8 Å². The van der Waals surface area contributed by atoms with Crippen LogP contribution in [-0.4, -0.2) is 57.9 Å². The average Bonchev–Trinajstić information content (AvgIpc) is 2.99. The van der Waals surface area contributed by atoms with Crippen LogP contribution in [0.1, 0.15) is 36.5 Å². The summed E-state index contributed by atoms with van der Waals surface area (Å²) in [5.74, 6) is 2.06. The van der Waals surface area contributed by atoms with Crippen LogP contribution in [0.3, 0.4) is 0 Å². The summed E-state index contributed by atoms with van der Waals surface area (Å²) in [4.78, 5) is 19.7. The van der Waals surface area contributed by atoms with E-state index >= 15 is 0 Å². The second-order valence-electron chi connectivity index (χ2n) is 7.85. The van der Waals surface area contributed by atoms with E-state index in [0.717, 1.165) is 43.8 Å². The number of methoxy groups -OCH3 is 1. The number of benzene rings is 1. The Balaban J connectivity index is 1.37. The Bertz CT molecular complexity index is 781. The zero-order chi connectivity index (χ0) is 19.5. The van der Waals surface area contributed by atoms with Crippen molar-refractivity contribution in [2.45, 2.75) is 50.8 Å². The maximum absolute atomic E-state index is 13.0. The minimum absolute atomic E-state index is 0.0109. The molecule has 0 unspecified atom stereocenters. The number of fused-ring (bicyclic) bond motifs is 1. The number of ether oxygens (including phenoxy) is 1. The Morgan fingerprint density at radius 1 is 1.21 bits per heavy atom. The lowest BCUT2D eigenvalue weighted by Gasteiger charge is -2.34. The molecule has 2 aromatic rings. The van der Waals surface area contributed by atoms with Gasteiger partial charge in [-0.1, -0.05) is 30.3 Å². The van der Waals surface area contributed by atoms with Crippen LogP contribution >= 0.6 is 0 Å². The molecule has 150 valence electrons. The Morgan fingerprint density at radius 3 is 2.82 bits per heavy atom. The van der Waals surface area contributed by atoms with E-state index in [2.05, 4.69) is 17.2 Å². The molecular weight excluding hydrogens is 354 g/mol. The number of hydrogen-bond donors (Lipinski definition) is 1. The van der Waals surface area contributed by atoms with Crippen LogP contribution in [0.5, 0.6) is 0 Å². The molecule has 7 heteroatoms. The fourth-order valence-corrected chi connectivity index (χ4v) is 4.33. The van der Waals surface area contributed by atoms with Gasteiger partial charge >= 0.3 is 0 Å². The molecule has 28 heavy (non-hydrogen) atoms. The van der Waals surface area contributed by atoms with Crippen LogP contribution in [0.25, 0.3) is 0 Å². The molecule has 0 bridgehead atoms. The first-order valence-electron chi connectivity index (χ1n) is 10.2. The molecule has 1 saturated carbocycles. The van der Waals surface area contributed by atoms with Gasteiger partial charge in [0.05, 0.1) is 12.6 Å². The van der Waals surface area contributed by atoms with Crippen molar-refractivity contribution in [3.05, 3.63) is 47.5 Å². The van der Waals surface area contributed by atoms with Gasteiger partial charge in [0, 0.05) is 45.0 Å². The largest absolute Gasteiger partial charge is 0.380 e. The van der Waals surface area contributed by atoms with Crippen molar-refractivity contribution in [1.82, 2.24) is 19.7 Å². The molecule has 1 aromatic heterocycles. The summed E-state index contributed by atoms with van der Waals surface area (Å²) in [6, 6.07) is 10.3. The highest BCUT2D eigenvalue weighted by Crippen LogP contribution is 2.27. The van der Waals surface area contributed by atoms with Crippen molar-refractivity contribution in [2.24, 2.45) is 11.7 Å². The second kappa shape index (κ2) is 8.41. The number of aromatic nitrogens is 3. The highest BCUT2D eigenvalue weighted by Gasteiger charge is 2.34. The highest BCUT2D eigenvalue weighted by molar-refractivity contribution is 5.79. The Hall–Kier alpha value is -2.25. The number of carbonyl (C=O) groups excluding carboxylic acids is 1.